The number of hydrogen-bond acceptors (Lipinski definition) is 3. The molecule has 0 spiro atoms. The Morgan fingerprint density at radius 3 is 2.56 bits per heavy atom. The molecule has 0 saturated carbocycles. The lowest BCUT2D eigenvalue weighted by atomic mass is 9.86. The van der Waals surface area contributed by atoms with E-state index in [0.717, 1.165) is 23.4 Å². The van der Waals surface area contributed by atoms with Crippen LogP contribution in [0, 0.1) is 0 Å². The van der Waals surface area contributed by atoms with Crippen molar-refractivity contribution >= 4 is 11.6 Å². The van der Waals surface area contributed by atoms with Gasteiger partial charge in [0.2, 0.25) is 5.91 Å². The first-order valence-electron chi connectivity index (χ1n) is 8.63. The molecule has 2 aromatic carbocycles. The fourth-order valence-electron chi connectivity index (χ4n) is 2.70. The lowest BCUT2D eigenvalue weighted by Crippen LogP contribution is -2.32. The number of nitrogens with one attached hydrogen (secondary N) is 2. The maximum Gasteiger partial charge on any atom is 0.239 e. The quantitative estimate of drug-likeness (QED) is 0.807. The first-order valence-corrected chi connectivity index (χ1v) is 8.63. The molecule has 0 aliphatic heterocycles. The third-order valence-electron chi connectivity index (χ3n) is 4.04. The van der Waals surface area contributed by atoms with Crippen LogP contribution in [0.2, 0.25) is 0 Å². The maximum atomic E-state index is 12.1. The summed E-state index contributed by atoms with van der Waals surface area (Å²) in [5.41, 5.74) is 3.40. The molecule has 4 nitrogen and oxygen atoms in total. The minimum atomic E-state index is -0.00777. The lowest BCUT2D eigenvalue weighted by molar-refractivity contribution is -0.119. The van der Waals surface area contributed by atoms with Crippen molar-refractivity contribution in [1.82, 2.24) is 5.32 Å². The highest BCUT2D eigenvalue weighted by molar-refractivity contribution is 5.81. The zero-order valence-electron chi connectivity index (χ0n) is 15.6. The van der Waals surface area contributed by atoms with Crippen LogP contribution in [-0.4, -0.2) is 26.1 Å². The molecule has 0 heterocycles. The van der Waals surface area contributed by atoms with Crippen molar-refractivity contribution in [2.24, 2.45) is 0 Å². The largest absolute Gasteiger partial charge is 0.497 e. The topological polar surface area (TPSA) is 50.4 Å². The van der Waals surface area contributed by atoms with Crippen LogP contribution in [0.5, 0.6) is 5.75 Å². The van der Waals surface area contributed by atoms with Crippen LogP contribution in [0.3, 0.4) is 0 Å². The molecule has 2 N–H and O–H groups in total. The van der Waals surface area contributed by atoms with Gasteiger partial charge in [0.1, 0.15) is 5.75 Å². The summed E-state index contributed by atoms with van der Waals surface area (Å²) in [6.07, 6.45) is 0.779. The van der Waals surface area contributed by atoms with Gasteiger partial charge in [-0.25, -0.2) is 0 Å². The Morgan fingerprint density at radius 1 is 1.08 bits per heavy atom. The van der Waals surface area contributed by atoms with Gasteiger partial charge < -0.3 is 15.4 Å². The molecule has 0 aliphatic carbocycles. The predicted molar refractivity (Wildman–Crippen MR) is 103 cm³/mol. The smallest absolute Gasteiger partial charge is 0.239 e. The first-order chi connectivity index (χ1) is 11.9. The van der Waals surface area contributed by atoms with Crippen molar-refractivity contribution in [3.05, 3.63) is 59.7 Å². The van der Waals surface area contributed by atoms with Crippen molar-refractivity contribution < 1.29 is 9.53 Å². The first kappa shape index (κ1) is 18.8. The van der Waals surface area contributed by atoms with Crippen molar-refractivity contribution in [2.45, 2.75) is 32.6 Å². The van der Waals surface area contributed by atoms with Crippen LogP contribution in [0.1, 0.15) is 31.9 Å². The molecule has 0 aromatic heterocycles. The van der Waals surface area contributed by atoms with E-state index in [4.69, 9.17) is 4.74 Å². The van der Waals surface area contributed by atoms with Crippen molar-refractivity contribution in [2.75, 3.05) is 25.5 Å². The third kappa shape index (κ3) is 5.82. The zero-order valence-corrected chi connectivity index (χ0v) is 15.6. The lowest BCUT2D eigenvalue weighted by Gasteiger charge is -2.23. The number of methoxy groups -OCH3 is 1. The number of rotatable bonds is 7. The van der Waals surface area contributed by atoms with Gasteiger partial charge in [-0.15, -0.1) is 0 Å². The average Bonchev–Trinajstić information content (AvgIpc) is 2.59. The standard InChI is InChI=1S/C21H28N2O2/c1-21(2,3)18-10-5-6-11-19(18)23-15-20(24)22-13-12-16-8-7-9-17(14-16)25-4/h5-11,14,23H,12-13,15H2,1-4H3,(H,22,24). The van der Waals surface area contributed by atoms with Crippen LogP contribution in [0.4, 0.5) is 5.69 Å². The number of ether oxygens (including phenoxy) is 1. The predicted octanol–water partition coefficient (Wildman–Crippen LogP) is 3.76. The molecule has 0 fully saturated rings. The fourth-order valence-corrected chi connectivity index (χ4v) is 2.70. The van der Waals surface area contributed by atoms with Gasteiger partial charge in [0.25, 0.3) is 0 Å². The van der Waals surface area contributed by atoms with Crippen molar-refractivity contribution in [3.63, 3.8) is 0 Å². The summed E-state index contributed by atoms with van der Waals surface area (Å²) in [4.78, 5) is 12.1. The van der Waals surface area contributed by atoms with Crippen LogP contribution in [-0.2, 0) is 16.6 Å². The van der Waals surface area contributed by atoms with E-state index in [1.807, 2.05) is 42.5 Å². The Hall–Kier alpha value is -2.49. The summed E-state index contributed by atoms with van der Waals surface area (Å²) in [5, 5.41) is 6.21. The van der Waals surface area contributed by atoms with Crippen LogP contribution >= 0.6 is 0 Å². The fraction of sp³-hybridized carbons (Fsp3) is 0.381. The molecule has 0 aliphatic rings. The van der Waals surface area contributed by atoms with Gasteiger partial charge in [0.05, 0.1) is 13.7 Å². The van der Waals surface area contributed by atoms with Crippen LogP contribution < -0.4 is 15.4 Å². The second kappa shape index (κ2) is 8.56. The number of benzene rings is 2. The minimum absolute atomic E-state index is 0.00777. The van der Waals surface area contributed by atoms with E-state index in [2.05, 4.69) is 37.5 Å². The van der Waals surface area contributed by atoms with E-state index >= 15 is 0 Å². The van der Waals surface area contributed by atoms with Gasteiger partial charge in [-0.2, -0.15) is 0 Å². The Labute approximate surface area is 150 Å². The zero-order chi connectivity index (χ0) is 18.3. The molecule has 0 bridgehead atoms. The molecule has 2 rings (SSSR count). The van der Waals surface area contributed by atoms with E-state index in [1.165, 1.54) is 5.56 Å². The Kier molecular flexibility index (Phi) is 6.45. The Balaban J connectivity index is 1.81. The van der Waals surface area contributed by atoms with E-state index in [-0.39, 0.29) is 17.9 Å². The molecular weight excluding hydrogens is 312 g/mol. The Bertz CT molecular complexity index is 705. The van der Waals surface area contributed by atoms with E-state index < -0.39 is 0 Å². The summed E-state index contributed by atoms with van der Waals surface area (Å²) in [6.45, 7) is 7.38. The number of carbonyl (C=O) groups is 1. The van der Waals surface area contributed by atoms with Gasteiger partial charge in [-0.05, 0) is 41.2 Å². The molecule has 25 heavy (non-hydrogen) atoms. The van der Waals surface area contributed by atoms with E-state index in [9.17, 15) is 4.79 Å². The molecule has 0 saturated heterocycles. The molecule has 0 atom stereocenters. The highest BCUT2D eigenvalue weighted by Crippen LogP contribution is 2.28. The van der Waals surface area contributed by atoms with Gasteiger partial charge in [-0.1, -0.05) is 51.1 Å². The molecule has 0 radical (unpaired) electrons. The minimum Gasteiger partial charge on any atom is -0.497 e. The molecule has 2 aromatic rings. The second-order valence-electron chi connectivity index (χ2n) is 7.10. The SMILES string of the molecule is COc1cccc(CCNC(=O)CNc2ccccc2C(C)(C)C)c1. The van der Waals surface area contributed by atoms with Gasteiger partial charge in [-0.3, -0.25) is 4.79 Å². The normalized spacial score (nSPS) is 11.0. The van der Waals surface area contributed by atoms with Crippen LogP contribution in [0.15, 0.2) is 48.5 Å². The number of anilines is 1. The van der Waals surface area contributed by atoms with Crippen LogP contribution in [0.25, 0.3) is 0 Å². The summed E-state index contributed by atoms with van der Waals surface area (Å²) >= 11 is 0. The Morgan fingerprint density at radius 2 is 1.84 bits per heavy atom. The van der Waals surface area contributed by atoms with Crippen molar-refractivity contribution in [3.8, 4) is 5.75 Å². The second-order valence-corrected chi connectivity index (χ2v) is 7.10. The van der Waals surface area contributed by atoms with E-state index in [0.29, 0.717) is 6.54 Å². The molecular formula is C21H28N2O2. The average molecular weight is 340 g/mol. The number of carbonyl (C=O) groups excluding carboxylic acids is 1. The molecule has 134 valence electrons. The van der Waals surface area contributed by atoms with Gasteiger partial charge in [0, 0.05) is 12.2 Å². The van der Waals surface area contributed by atoms with Gasteiger partial charge in [0.15, 0.2) is 0 Å². The number of amides is 1. The number of hydrogen-bond donors (Lipinski definition) is 2. The summed E-state index contributed by atoms with van der Waals surface area (Å²) in [5.74, 6) is 0.830. The summed E-state index contributed by atoms with van der Waals surface area (Å²) < 4.78 is 5.21. The summed E-state index contributed by atoms with van der Waals surface area (Å²) in [7, 11) is 1.65. The molecule has 4 heteroatoms. The van der Waals surface area contributed by atoms with E-state index in [1.54, 1.807) is 7.11 Å². The molecule has 0 unspecified atom stereocenters. The highest BCUT2D eigenvalue weighted by Gasteiger charge is 2.17. The molecule has 1 amide bonds. The number of para-hydroxylation sites is 1. The van der Waals surface area contributed by atoms with Crippen molar-refractivity contribution in [1.29, 1.82) is 0 Å². The monoisotopic (exact) mass is 340 g/mol. The maximum absolute atomic E-state index is 12.1. The highest BCUT2D eigenvalue weighted by atomic mass is 16.5. The summed E-state index contributed by atoms with van der Waals surface area (Å²) in [6, 6.07) is 16.0. The third-order valence-corrected chi connectivity index (χ3v) is 4.04. The van der Waals surface area contributed by atoms with Gasteiger partial charge >= 0.3 is 0 Å².